The van der Waals surface area contributed by atoms with Gasteiger partial charge in [0.25, 0.3) is 0 Å². The number of hydrogen-bond donors (Lipinski definition) is 1. The maximum Gasteiger partial charge on any atom is 0.322 e. The van der Waals surface area contributed by atoms with Gasteiger partial charge in [0.1, 0.15) is 0 Å². The van der Waals surface area contributed by atoms with Crippen molar-refractivity contribution in [2.75, 3.05) is 18.5 Å². The van der Waals surface area contributed by atoms with Crippen LogP contribution in [0.4, 0.5) is 10.5 Å². The third kappa shape index (κ3) is 4.86. The van der Waals surface area contributed by atoms with Crippen molar-refractivity contribution >= 4 is 23.1 Å². The standard InChI is InChI=1S/C21H28N2O2S/c1-21(2,3)16-6-8-17(9-7-16)22-20(24)23(15-19-5-4-14-26-19)18-10-12-25-13-11-18/h4-9,14,18H,10-13,15H2,1-3H3,(H,22,24). The summed E-state index contributed by atoms with van der Waals surface area (Å²) in [7, 11) is 0. The number of benzene rings is 1. The van der Waals surface area contributed by atoms with Gasteiger partial charge in [-0.15, -0.1) is 11.3 Å². The van der Waals surface area contributed by atoms with Gasteiger partial charge in [-0.3, -0.25) is 0 Å². The molecule has 5 heteroatoms. The van der Waals surface area contributed by atoms with Crippen LogP contribution in [0.1, 0.15) is 44.1 Å². The Bertz CT molecular complexity index is 699. The van der Waals surface area contributed by atoms with E-state index in [1.807, 2.05) is 23.1 Å². The van der Waals surface area contributed by atoms with Gasteiger partial charge < -0.3 is 15.0 Å². The van der Waals surface area contributed by atoms with Gasteiger partial charge in [0, 0.05) is 29.8 Å². The van der Waals surface area contributed by atoms with E-state index in [2.05, 4.69) is 49.7 Å². The number of thiophene rings is 1. The predicted molar refractivity (Wildman–Crippen MR) is 108 cm³/mol. The number of nitrogens with one attached hydrogen (secondary N) is 1. The average Bonchev–Trinajstić information content (AvgIpc) is 3.13. The van der Waals surface area contributed by atoms with Crippen molar-refractivity contribution in [3.8, 4) is 0 Å². The van der Waals surface area contributed by atoms with Crippen molar-refractivity contribution < 1.29 is 9.53 Å². The lowest BCUT2D eigenvalue weighted by atomic mass is 9.87. The van der Waals surface area contributed by atoms with Gasteiger partial charge in [-0.05, 0) is 47.4 Å². The number of ether oxygens (including phenoxy) is 1. The quantitative estimate of drug-likeness (QED) is 0.795. The molecular weight excluding hydrogens is 344 g/mol. The Morgan fingerprint density at radius 2 is 1.88 bits per heavy atom. The first-order valence-electron chi connectivity index (χ1n) is 9.22. The summed E-state index contributed by atoms with van der Waals surface area (Å²) in [6.45, 7) is 8.66. The second kappa shape index (κ2) is 8.23. The van der Waals surface area contributed by atoms with Crippen LogP contribution >= 0.6 is 11.3 Å². The highest BCUT2D eigenvalue weighted by Gasteiger charge is 2.26. The highest BCUT2D eigenvalue weighted by Crippen LogP contribution is 2.25. The van der Waals surface area contributed by atoms with Crippen LogP contribution in [0, 0.1) is 0 Å². The molecule has 0 saturated carbocycles. The number of urea groups is 1. The summed E-state index contributed by atoms with van der Waals surface area (Å²) in [6.07, 6.45) is 1.78. The largest absolute Gasteiger partial charge is 0.381 e. The first-order valence-corrected chi connectivity index (χ1v) is 10.1. The van der Waals surface area contributed by atoms with Crippen LogP contribution in [-0.4, -0.2) is 30.2 Å². The molecule has 2 heterocycles. The molecule has 140 valence electrons. The Labute approximate surface area is 160 Å². The van der Waals surface area contributed by atoms with Crippen molar-refractivity contribution in [1.29, 1.82) is 0 Å². The summed E-state index contributed by atoms with van der Waals surface area (Å²) in [4.78, 5) is 16.2. The van der Waals surface area contributed by atoms with Crippen LogP contribution in [0.5, 0.6) is 0 Å². The second-order valence-electron chi connectivity index (χ2n) is 7.81. The lowest BCUT2D eigenvalue weighted by molar-refractivity contribution is 0.0462. The molecule has 26 heavy (non-hydrogen) atoms. The lowest BCUT2D eigenvalue weighted by Gasteiger charge is -2.34. The fourth-order valence-electron chi connectivity index (χ4n) is 3.18. The van der Waals surface area contributed by atoms with E-state index in [0.29, 0.717) is 6.54 Å². The molecule has 2 aromatic rings. The first kappa shape index (κ1) is 18.9. The molecule has 0 radical (unpaired) electrons. The maximum atomic E-state index is 13.0. The number of anilines is 1. The van der Waals surface area contributed by atoms with Crippen LogP contribution in [0.2, 0.25) is 0 Å². The molecule has 0 atom stereocenters. The molecule has 1 saturated heterocycles. The Morgan fingerprint density at radius 3 is 2.46 bits per heavy atom. The zero-order valence-corrected chi connectivity index (χ0v) is 16.6. The third-order valence-corrected chi connectivity index (χ3v) is 5.66. The summed E-state index contributed by atoms with van der Waals surface area (Å²) in [5, 5.41) is 5.14. The fourth-order valence-corrected chi connectivity index (χ4v) is 3.89. The SMILES string of the molecule is CC(C)(C)c1ccc(NC(=O)N(Cc2cccs2)C2CCOCC2)cc1. The minimum atomic E-state index is -0.0335. The van der Waals surface area contributed by atoms with Crippen molar-refractivity contribution in [2.45, 2.75) is 51.6 Å². The third-order valence-electron chi connectivity index (χ3n) is 4.80. The summed E-state index contributed by atoms with van der Waals surface area (Å²) < 4.78 is 5.47. The van der Waals surface area contributed by atoms with E-state index in [0.717, 1.165) is 31.7 Å². The summed E-state index contributed by atoms with van der Waals surface area (Å²) in [5.74, 6) is 0. The molecule has 0 unspecified atom stereocenters. The van der Waals surface area contributed by atoms with E-state index >= 15 is 0 Å². The van der Waals surface area contributed by atoms with Crippen LogP contribution in [0.25, 0.3) is 0 Å². The Morgan fingerprint density at radius 1 is 1.19 bits per heavy atom. The Balaban J connectivity index is 1.72. The number of hydrogen-bond acceptors (Lipinski definition) is 3. The molecule has 0 spiro atoms. The predicted octanol–water partition coefficient (Wildman–Crippen LogP) is 5.26. The zero-order chi connectivity index (χ0) is 18.6. The molecule has 2 amide bonds. The van der Waals surface area contributed by atoms with Crippen LogP contribution in [-0.2, 0) is 16.7 Å². The van der Waals surface area contributed by atoms with Crippen molar-refractivity contribution in [2.24, 2.45) is 0 Å². The maximum absolute atomic E-state index is 13.0. The minimum absolute atomic E-state index is 0.0335. The molecule has 1 aliphatic heterocycles. The molecule has 4 nitrogen and oxygen atoms in total. The van der Waals surface area contributed by atoms with Crippen LogP contribution < -0.4 is 5.32 Å². The van der Waals surface area contributed by atoms with Crippen molar-refractivity contribution in [3.63, 3.8) is 0 Å². The van der Waals surface area contributed by atoms with E-state index in [9.17, 15) is 4.79 Å². The van der Waals surface area contributed by atoms with E-state index in [1.54, 1.807) is 11.3 Å². The second-order valence-corrected chi connectivity index (χ2v) is 8.84. The van der Waals surface area contributed by atoms with E-state index < -0.39 is 0 Å². The summed E-state index contributed by atoms with van der Waals surface area (Å²) in [5.41, 5.74) is 2.21. The molecule has 0 aliphatic carbocycles. The Hall–Kier alpha value is -1.85. The average molecular weight is 373 g/mol. The summed E-state index contributed by atoms with van der Waals surface area (Å²) in [6, 6.07) is 12.5. The molecule has 1 aliphatic rings. The lowest BCUT2D eigenvalue weighted by Crippen LogP contribution is -2.44. The van der Waals surface area contributed by atoms with E-state index in [-0.39, 0.29) is 17.5 Å². The topological polar surface area (TPSA) is 41.6 Å². The molecule has 1 N–H and O–H groups in total. The highest BCUT2D eigenvalue weighted by atomic mass is 32.1. The number of rotatable bonds is 4. The van der Waals surface area contributed by atoms with Gasteiger partial charge in [-0.2, -0.15) is 0 Å². The smallest absolute Gasteiger partial charge is 0.322 e. The molecule has 1 aromatic carbocycles. The van der Waals surface area contributed by atoms with Gasteiger partial charge in [0.05, 0.1) is 6.54 Å². The zero-order valence-electron chi connectivity index (χ0n) is 15.8. The molecule has 1 aromatic heterocycles. The van der Waals surface area contributed by atoms with Gasteiger partial charge in [-0.25, -0.2) is 4.79 Å². The molecule has 0 bridgehead atoms. The van der Waals surface area contributed by atoms with Crippen molar-refractivity contribution in [3.05, 3.63) is 52.2 Å². The molecule has 3 rings (SSSR count). The first-order chi connectivity index (χ1) is 12.4. The Kier molecular flexibility index (Phi) is 5.99. The number of carbonyl (C=O) groups is 1. The van der Waals surface area contributed by atoms with Crippen LogP contribution in [0.3, 0.4) is 0 Å². The van der Waals surface area contributed by atoms with Crippen LogP contribution in [0.15, 0.2) is 41.8 Å². The fraction of sp³-hybridized carbons (Fsp3) is 0.476. The summed E-state index contributed by atoms with van der Waals surface area (Å²) >= 11 is 1.69. The normalized spacial score (nSPS) is 15.7. The molecule has 1 fully saturated rings. The molecular formula is C21H28N2O2S. The number of carbonyl (C=O) groups excluding carboxylic acids is 1. The van der Waals surface area contributed by atoms with Gasteiger partial charge in [0.2, 0.25) is 0 Å². The minimum Gasteiger partial charge on any atom is -0.381 e. The highest BCUT2D eigenvalue weighted by molar-refractivity contribution is 7.09. The van der Waals surface area contributed by atoms with Crippen molar-refractivity contribution in [1.82, 2.24) is 4.90 Å². The number of nitrogens with zero attached hydrogens (tertiary/aromatic N) is 1. The van der Waals surface area contributed by atoms with Gasteiger partial charge >= 0.3 is 6.03 Å². The monoisotopic (exact) mass is 372 g/mol. The van der Waals surface area contributed by atoms with Gasteiger partial charge in [0.15, 0.2) is 0 Å². The number of amides is 2. The van der Waals surface area contributed by atoms with E-state index in [1.165, 1.54) is 10.4 Å². The van der Waals surface area contributed by atoms with E-state index in [4.69, 9.17) is 4.74 Å². The van der Waals surface area contributed by atoms with Gasteiger partial charge in [-0.1, -0.05) is 39.0 Å².